The van der Waals surface area contributed by atoms with Gasteiger partial charge in [0.05, 0.1) is 15.9 Å². The molecule has 0 fully saturated rings. The number of thiophene rings is 1. The van der Waals surface area contributed by atoms with Crippen LogP contribution < -0.4 is 10.6 Å². The predicted octanol–water partition coefficient (Wildman–Crippen LogP) is 5.21. The number of benzene rings is 2. The second kappa shape index (κ2) is 11.3. The van der Waals surface area contributed by atoms with Crippen molar-refractivity contribution >= 4 is 28.3 Å². The smallest absolute Gasteiger partial charge is 0.475 e. The van der Waals surface area contributed by atoms with E-state index in [1.165, 1.54) is 21.6 Å². The Balaban J connectivity index is 0.000000406. The molecule has 180 valence electrons. The summed E-state index contributed by atoms with van der Waals surface area (Å²) in [6.45, 7) is 4.93. The highest BCUT2D eigenvalue weighted by Gasteiger charge is 2.38. The number of carbonyl (C=O) groups is 1. The number of hydrogen-bond acceptors (Lipinski definition) is 5. The van der Waals surface area contributed by atoms with Gasteiger partial charge in [0.2, 0.25) is 0 Å². The van der Waals surface area contributed by atoms with Gasteiger partial charge in [0.1, 0.15) is 5.82 Å². The van der Waals surface area contributed by atoms with E-state index in [1.54, 1.807) is 11.3 Å². The van der Waals surface area contributed by atoms with Crippen molar-refractivity contribution in [2.24, 2.45) is 0 Å². The summed E-state index contributed by atoms with van der Waals surface area (Å²) in [6.07, 6.45) is -5.08. The van der Waals surface area contributed by atoms with Gasteiger partial charge in [-0.3, -0.25) is 0 Å². The first-order valence-electron chi connectivity index (χ1n) is 10.5. The van der Waals surface area contributed by atoms with E-state index in [-0.39, 0.29) is 0 Å². The summed E-state index contributed by atoms with van der Waals surface area (Å²) < 4.78 is 31.7. The van der Waals surface area contributed by atoms with Crippen molar-refractivity contribution in [1.29, 1.82) is 0 Å². The Labute approximate surface area is 198 Å². The number of carboxylic acid groups (broad SMARTS) is 1. The van der Waals surface area contributed by atoms with E-state index in [9.17, 15) is 13.2 Å². The molecule has 0 unspecified atom stereocenters. The summed E-state index contributed by atoms with van der Waals surface area (Å²) in [5, 5.41) is 13.7. The lowest BCUT2D eigenvalue weighted by Gasteiger charge is -2.06. The maximum absolute atomic E-state index is 10.6. The first-order chi connectivity index (χ1) is 16.2. The molecule has 4 N–H and O–H groups in total. The number of aliphatic carboxylic acids is 1. The molecule has 10 heteroatoms. The molecular formula is C24H25F3N4O2S. The van der Waals surface area contributed by atoms with Gasteiger partial charge in [0, 0.05) is 24.5 Å². The molecule has 0 radical (unpaired) electrons. The zero-order valence-electron chi connectivity index (χ0n) is 18.7. The molecule has 0 bridgehead atoms. The first-order valence-corrected chi connectivity index (χ1v) is 11.3. The summed E-state index contributed by atoms with van der Waals surface area (Å²) in [5.74, 6) is -1.81. The van der Waals surface area contributed by atoms with Crippen molar-refractivity contribution in [3.8, 4) is 21.1 Å². The van der Waals surface area contributed by atoms with Crippen LogP contribution in [0.25, 0.3) is 32.2 Å². The number of para-hydroxylation sites is 1. The predicted molar refractivity (Wildman–Crippen MR) is 129 cm³/mol. The number of carboxylic acids is 1. The molecule has 34 heavy (non-hydrogen) atoms. The molecule has 0 aliphatic rings. The van der Waals surface area contributed by atoms with Crippen LogP contribution in [0.4, 0.5) is 13.2 Å². The monoisotopic (exact) mass is 490 g/mol. The topological polar surface area (TPSA) is 90.0 Å². The fourth-order valence-corrected chi connectivity index (χ4v) is 4.14. The molecule has 0 saturated heterocycles. The molecule has 0 aliphatic carbocycles. The normalized spacial score (nSPS) is 11.3. The Morgan fingerprint density at radius 3 is 2.47 bits per heavy atom. The quantitative estimate of drug-likeness (QED) is 0.267. The largest absolute Gasteiger partial charge is 0.490 e. The Morgan fingerprint density at radius 2 is 1.79 bits per heavy atom. The van der Waals surface area contributed by atoms with Crippen molar-refractivity contribution in [2.45, 2.75) is 19.6 Å². The van der Waals surface area contributed by atoms with E-state index >= 15 is 0 Å². The third-order valence-electron chi connectivity index (χ3n) is 4.89. The number of nitrogens with zero attached hydrogens (tertiary/aromatic N) is 1. The molecule has 0 aliphatic heterocycles. The van der Waals surface area contributed by atoms with Crippen molar-refractivity contribution in [3.63, 3.8) is 0 Å². The third kappa shape index (κ3) is 6.66. The molecule has 0 atom stereocenters. The second-order valence-electron chi connectivity index (χ2n) is 7.50. The lowest BCUT2D eigenvalue weighted by Crippen LogP contribution is -2.24. The molecule has 2 heterocycles. The third-order valence-corrected chi connectivity index (χ3v) is 6.03. The molecular weight excluding hydrogens is 465 g/mol. The minimum absolute atomic E-state index is 0.886. The van der Waals surface area contributed by atoms with Gasteiger partial charge >= 0.3 is 12.1 Å². The standard InChI is InChI=1S/C22H24N4S.C2HF3O2/c1-15-5-3-8-18-21(15)26-22(25-18)20-10-9-19(27-20)17-7-4-6-16(13-17)14-24-12-11-23-2;3-2(4,5)1(6)7/h3-10,13,23-24H,11-12,14H2,1-2H3,(H,25,26);(H,6,7). The minimum Gasteiger partial charge on any atom is -0.475 e. The van der Waals surface area contributed by atoms with Crippen LogP contribution in [0.2, 0.25) is 0 Å². The van der Waals surface area contributed by atoms with Gasteiger partial charge in [-0.25, -0.2) is 9.78 Å². The number of halogens is 3. The van der Waals surface area contributed by atoms with Gasteiger partial charge < -0.3 is 20.7 Å². The molecule has 2 aromatic heterocycles. The van der Waals surface area contributed by atoms with Gasteiger partial charge in [0.15, 0.2) is 0 Å². The zero-order valence-corrected chi connectivity index (χ0v) is 19.5. The van der Waals surface area contributed by atoms with Crippen molar-refractivity contribution in [3.05, 3.63) is 65.7 Å². The van der Waals surface area contributed by atoms with Crippen molar-refractivity contribution in [1.82, 2.24) is 20.6 Å². The van der Waals surface area contributed by atoms with Gasteiger partial charge in [-0.15, -0.1) is 11.3 Å². The van der Waals surface area contributed by atoms with Crippen LogP contribution in [0.5, 0.6) is 0 Å². The Kier molecular flexibility index (Phi) is 8.43. The summed E-state index contributed by atoms with van der Waals surface area (Å²) in [5.41, 5.74) is 5.90. The van der Waals surface area contributed by atoms with E-state index in [0.717, 1.165) is 41.4 Å². The van der Waals surface area contributed by atoms with Gasteiger partial charge in [-0.05, 0) is 54.9 Å². The maximum Gasteiger partial charge on any atom is 0.490 e. The highest BCUT2D eigenvalue weighted by molar-refractivity contribution is 7.18. The van der Waals surface area contributed by atoms with Gasteiger partial charge in [0.25, 0.3) is 0 Å². The fourth-order valence-electron chi connectivity index (χ4n) is 3.19. The molecule has 0 amide bonds. The zero-order chi connectivity index (χ0) is 24.7. The molecule has 4 rings (SSSR count). The number of aryl methyl sites for hydroxylation is 1. The number of fused-ring (bicyclic) bond motifs is 1. The van der Waals surface area contributed by atoms with Crippen LogP contribution in [0.15, 0.2) is 54.6 Å². The van der Waals surface area contributed by atoms with E-state index < -0.39 is 12.1 Å². The summed E-state index contributed by atoms with van der Waals surface area (Å²) in [6, 6.07) is 19.3. The number of hydrogen-bond donors (Lipinski definition) is 4. The number of H-pyrrole nitrogens is 1. The van der Waals surface area contributed by atoms with Crippen LogP contribution in [0, 0.1) is 6.92 Å². The number of alkyl halides is 3. The second-order valence-corrected chi connectivity index (χ2v) is 8.59. The highest BCUT2D eigenvalue weighted by Crippen LogP contribution is 2.34. The van der Waals surface area contributed by atoms with E-state index in [4.69, 9.17) is 14.9 Å². The molecule has 0 saturated carbocycles. The van der Waals surface area contributed by atoms with Crippen LogP contribution >= 0.6 is 11.3 Å². The number of aromatic amines is 1. The Morgan fingerprint density at radius 1 is 1.09 bits per heavy atom. The number of rotatable bonds is 7. The van der Waals surface area contributed by atoms with Crippen LogP contribution in [-0.4, -0.2) is 47.4 Å². The average Bonchev–Trinajstić information content (AvgIpc) is 3.45. The molecule has 6 nitrogen and oxygen atoms in total. The lowest BCUT2D eigenvalue weighted by atomic mass is 10.1. The average molecular weight is 491 g/mol. The van der Waals surface area contributed by atoms with Crippen LogP contribution in [0.1, 0.15) is 11.1 Å². The van der Waals surface area contributed by atoms with Crippen LogP contribution in [0.3, 0.4) is 0 Å². The lowest BCUT2D eigenvalue weighted by molar-refractivity contribution is -0.192. The first kappa shape index (κ1) is 25.4. The van der Waals surface area contributed by atoms with Crippen molar-refractivity contribution < 1.29 is 23.1 Å². The number of likely N-dealkylation sites (N-methyl/N-ethyl adjacent to an activating group) is 1. The molecule has 0 spiro atoms. The molecule has 2 aromatic carbocycles. The van der Waals surface area contributed by atoms with E-state index in [0.29, 0.717) is 0 Å². The summed E-state index contributed by atoms with van der Waals surface area (Å²) in [7, 11) is 1.97. The summed E-state index contributed by atoms with van der Waals surface area (Å²) >= 11 is 1.78. The molecule has 4 aromatic rings. The van der Waals surface area contributed by atoms with E-state index in [2.05, 4.69) is 77.1 Å². The minimum atomic E-state index is -5.08. The Bertz CT molecular complexity index is 1250. The van der Waals surface area contributed by atoms with E-state index in [1.807, 2.05) is 7.05 Å². The summed E-state index contributed by atoms with van der Waals surface area (Å²) in [4.78, 5) is 19.6. The van der Waals surface area contributed by atoms with Gasteiger partial charge in [-0.1, -0.05) is 30.3 Å². The fraction of sp³-hybridized carbons (Fsp3) is 0.250. The highest BCUT2D eigenvalue weighted by atomic mass is 32.1. The number of aromatic nitrogens is 2. The number of imidazole rings is 1. The Hall–Kier alpha value is -3.21. The SMILES string of the molecule is CNCCNCc1cccc(-c2ccc(-c3nc4c(C)cccc4[nH]3)s2)c1.O=C(O)C(F)(F)F. The van der Waals surface area contributed by atoms with Crippen LogP contribution in [-0.2, 0) is 11.3 Å². The van der Waals surface area contributed by atoms with Crippen molar-refractivity contribution in [2.75, 3.05) is 20.1 Å². The maximum atomic E-state index is 10.6. The number of nitrogens with one attached hydrogen (secondary N) is 3. The van der Waals surface area contributed by atoms with Gasteiger partial charge in [-0.2, -0.15) is 13.2 Å².